The normalized spacial score (nSPS) is 16.7. The number of nitrogens with zero attached hydrogens (tertiary/aromatic N) is 2. The van der Waals surface area contributed by atoms with E-state index in [-0.39, 0.29) is 17.8 Å². The molecule has 1 saturated heterocycles. The first kappa shape index (κ1) is 17.0. The van der Waals surface area contributed by atoms with Crippen LogP contribution in [0.4, 0.5) is 16.2 Å². The van der Waals surface area contributed by atoms with Gasteiger partial charge in [0, 0.05) is 12.6 Å². The smallest absolute Gasteiger partial charge is 0.317 e. The summed E-state index contributed by atoms with van der Waals surface area (Å²) in [6.07, 6.45) is 1.87. The van der Waals surface area contributed by atoms with E-state index >= 15 is 0 Å². The molecule has 0 unspecified atom stereocenters. The molecule has 0 spiro atoms. The highest BCUT2D eigenvalue weighted by atomic mass is 16.6. The number of nitro benzene ring substituents is 1. The van der Waals surface area contributed by atoms with Gasteiger partial charge in [-0.15, -0.1) is 0 Å². The number of nitro groups is 1. The van der Waals surface area contributed by atoms with Gasteiger partial charge in [-0.05, 0) is 43.9 Å². The average molecular weight is 339 g/mol. The monoisotopic (exact) mass is 339 g/mol. The van der Waals surface area contributed by atoms with Crippen molar-refractivity contribution in [2.45, 2.75) is 32.7 Å². The number of carbonyl (C=O) groups is 1. The van der Waals surface area contributed by atoms with Crippen molar-refractivity contribution >= 4 is 17.4 Å². The van der Waals surface area contributed by atoms with Crippen LogP contribution in [0, 0.1) is 24.0 Å². The van der Waals surface area contributed by atoms with Gasteiger partial charge < -0.3 is 10.2 Å². The number of carbonyl (C=O) groups excluding carboxylic acids is 1. The highest BCUT2D eigenvalue weighted by molar-refractivity contribution is 5.91. The quantitative estimate of drug-likeness (QED) is 0.657. The first-order valence-corrected chi connectivity index (χ1v) is 8.36. The Morgan fingerprint density at radius 3 is 2.68 bits per heavy atom. The lowest BCUT2D eigenvalue weighted by atomic mass is 9.99. The molecule has 25 heavy (non-hydrogen) atoms. The molecule has 1 N–H and O–H groups in total. The number of anilines is 1. The van der Waals surface area contributed by atoms with E-state index in [1.54, 1.807) is 19.1 Å². The molecule has 0 radical (unpaired) electrons. The van der Waals surface area contributed by atoms with Crippen LogP contribution in [0.3, 0.4) is 0 Å². The van der Waals surface area contributed by atoms with Crippen molar-refractivity contribution in [2.24, 2.45) is 0 Å². The maximum Gasteiger partial charge on any atom is 0.322 e. The third-order valence-electron chi connectivity index (χ3n) is 4.80. The maximum atomic E-state index is 12.8. The summed E-state index contributed by atoms with van der Waals surface area (Å²) in [5, 5.41) is 13.9. The van der Waals surface area contributed by atoms with Gasteiger partial charge in [-0.3, -0.25) is 10.1 Å². The van der Waals surface area contributed by atoms with Gasteiger partial charge in [-0.25, -0.2) is 4.79 Å². The molecule has 6 nitrogen and oxygen atoms in total. The SMILES string of the molecule is Cc1ccccc1[C@@H]1CCCN1C(=O)Nc1cccc([N+](=O)[O-])c1C. The third kappa shape index (κ3) is 3.33. The van der Waals surface area contributed by atoms with E-state index in [4.69, 9.17) is 0 Å². The fourth-order valence-corrected chi connectivity index (χ4v) is 3.44. The molecule has 1 atom stereocenters. The van der Waals surface area contributed by atoms with Crippen LogP contribution < -0.4 is 5.32 Å². The van der Waals surface area contributed by atoms with Gasteiger partial charge in [-0.1, -0.05) is 30.3 Å². The number of aryl methyl sites for hydroxylation is 1. The fraction of sp³-hybridized carbons (Fsp3) is 0.316. The summed E-state index contributed by atoms with van der Waals surface area (Å²) in [7, 11) is 0. The van der Waals surface area contributed by atoms with Gasteiger partial charge in [0.25, 0.3) is 5.69 Å². The van der Waals surface area contributed by atoms with Gasteiger partial charge in [0.05, 0.1) is 22.2 Å². The molecule has 0 aromatic heterocycles. The van der Waals surface area contributed by atoms with Crippen LogP contribution in [0.15, 0.2) is 42.5 Å². The van der Waals surface area contributed by atoms with Crippen molar-refractivity contribution < 1.29 is 9.72 Å². The number of rotatable bonds is 3. The average Bonchev–Trinajstić information content (AvgIpc) is 3.06. The molecule has 2 aromatic carbocycles. The topological polar surface area (TPSA) is 75.5 Å². The second-order valence-electron chi connectivity index (χ2n) is 6.34. The first-order chi connectivity index (χ1) is 12.0. The molecule has 2 aromatic rings. The molecule has 1 fully saturated rings. The molecular formula is C19H21N3O3. The van der Waals surface area contributed by atoms with E-state index in [9.17, 15) is 14.9 Å². The summed E-state index contributed by atoms with van der Waals surface area (Å²) in [6, 6.07) is 12.6. The summed E-state index contributed by atoms with van der Waals surface area (Å²) in [5.74, 6) is 0. The zero-order valence-electron chi connectivity index (χ0n) is 14.4. The zero-order chi connectivity index (χ0) is 18.0. The Hall–Kier alpha value is -2.89. The number of likely N-dealkylation sites (tertiary alicyclic amines) is 1. The van der Waals surface area contributed by atoms with Crippen LogP contribution in [0.5, 0.6) is 0 Å². The van der Waals surface area contributed by atoms with E-state index in [0.717, 1.165) is 18.4 Å². The van der Waals surface area contributed by atoms with E-state index in [0.29, 0.717) is 17.8 Å². The van der Waals surface area contributed by atoms with E-state index in [1.807, 2.05) is 17.0 Å². The molecular weight excluding hydrogens is 318 g/mol. The highest BCUT2D eigenvalue weighted by Gasteiger charge is 2.31. The number of hydrogen-bond acceptors (Lipinski definition) is 3. The lowest BCUT2D eigenvalue weighted by Crippen LogP contribution is -2.34. The van der Waals surface area contributed by atoms with Crippen LogP contribution >= 0.6 is 0 Å². The standard InChI is InChI=1S/C19H21N3O3/c1-13-7-3-4-8-15(13)18-11-6-12-21(18)19(23)20-16-9-5-10-17(14(16)2)22(24)25/h3-5,7-10,18H,6,11-12H2,1-2H3,(H,20,23)/t18-/m0/s1. The Morgan fingerprint density at radius 1 is 1.20 bits per heavy atom. The second kappa shape index (κ2) is 6.93. The van der Waals surface area contributed by atoms with Crippen molar-refractivity contribution in [3.05, 3.63) is 69.3 Å². The minimum atomic E-state index is -0.434. The minimum Gasteiger partial charge on any atom is -0.317 e. The van der Waals surface area contributed by atoms with Crippen LogP contribution in [-0.2, 0) is 0 Å². The molecule has 2 amide bonds. The summed E-state index contributed by atoms with van der Waals surface area (Å²) >= 11 is 0. The largest absolute Gasteiger partial charge is 0.322 e. The summed E-state index contributed by atoms with van der Waals surface area (Å²) in [5.41, 5.74) is 3.28. The molecule has 6 heteroatoms. The predicted molar refractivity (Wildman–Crippen MR) is 96.7 cm³/mol. The van der Waals surface area contributed by atoms with Crippen LogP contribution in [-0.4, -0.2) is 22.4 Å². The number of nitrogens with one attached hydrogen (secondary N) is 1. The minimum absolute atomic E-state index is 0.00896. The molecule has 3 rings (SSSR count). The Bertz CT molecular complexity index is 819. The molecule has 1 heterocycles. The van der Waals surface area contributed by atoms with Crippen molar-refractivity contribution in [1.82, 2.24) is 4.90 Å². The Kier molecular flexibility index (Phi) is 4.70. The first-order valence-electron chi connectivity index (χ1n) is 8.36. The van der Waals surface area contributed by atoms with E-state index in [1.165, 1.54) is 11.6 Å². The molecule has 1 aliphatic heterocycles. The van der Waals surface area contributed by atoms with Gasteiger partial charge in [0.1, 0.15) is 0 Å². The Morgan fingerprint density at radius 2 is 1.96 bits per heavy atom. The summed E-state index contributed by atoms with van der Waals surface area (Å²) in [6.45, 7) is 4.38. The van der Waals surface area contributed by atoms with Gasteiger partial charge in [0.15, 0.2) is 0 Å². The number of hydrogen-bond donors (Lipinski definition) is 1. The maximum absolute atomic E-state index is 12.8. The number of amides is 2. The van der Waals surface area contributed by atoms with Crippen LogP contribution in [0.1, 0.15) is 35.6 Å². The van der Waals surface area contributed by atoms with Crippen molar-refractivity contribution in [2.75, 3.05) is 11.9 Å². The van der Waals surface area contributed by atoms with E-state index < -0.39 is 4.92 Å². The van der Waals surface area contributed by atoms with Crippen molar-refractivity contribution in [3.63, 3.8) is 0 Å². The summed E-state index contributed by atoms with van der Waals surface area (Å²) in [4.78, 5) is 25.2. The zero-order valence-corrected chi connectivity index (χ0v) is 14.4. The van der Waals surface area contributed by atoms with Gasteiger partial charge in [-0.2, -0.15) is 0 Å². The Balaban J connectivity index is 1.83. The molecule has 0 aliphatic carbocycles. The Labute approximate surface area is 146 Å². The second-order valence-corrected chi connectivity index (χ2v) is 6.34. The van der Waals surface area contributed by atoms with Gasteiger partial charge in [0.2, 0.25) is 0 Å². The number of urea groups is 1. The lowest BCUT2D eigenvalue weighted by Gasteiger charge is -2.26. The van der Waals surface area contributed by atoms with Crippen LogP contribution in [0.2, 0.25) is 0 Å². The highest BCUT2D eigenvalue weighted by Crippen LogP contribution is 2.34. The fourth-order valence-electron chi connectivity index (χ4n) is 3.44. The molecule has 1 aliphatic rings. The third-order valence-corrected chi connectivity index (χ3v) is 4.80. The molecule has 0 saturated carbocycles. The number of benzene rings is 2. The lowest BCUT2D eigenvalue weighted by molar-refractivity contribution is -0.385. The van der Waals surface area contributed by atoms with Crippen LogP contribution in [0.25, 0.3) is 0 Å². The van der Waals surface area contributed by atoms with Crippen molar-refractivity contribution in [1.29, 1.82) is 0 Å². The van der Waals surface area contributed by atoms with E-state index in [2.05, 4.69) is 24.4 Å². The molecule has 0 bridgehead atoms. The predicted octanol–water partition coefficient (Wildman–Crippen LogP) is 4.58. The van der Waals surface area contributed by atoms with Crippen molar-refractivity contribution in [3.8, 4) is 0 Å². The molecule has 130 valence electrons. The van der Waals surface area contributed by atoms with Gasteiger partial charge >= 0.3 is 6.03 Å². The summed E-state index contributed by atoms with van der Waals surface area (Å²) < 4.78 is 0.